The van der Waals surface area contributed by atoms with Gasteiger partial charge in [0.2, 0.25) is 0 Å². The third-order valence-electron chi connectivity index (χ3n) is 3.13. The van der Waals surface area contributed by atoms with Crippen molar-refractivity contribution in [2.75, 3.05) is 31.7 Å². The molecule has 6 nitrogen and oxygen atoms in total. The lowest BCUT2D eigenvalue weighted by atomic mass is 10.2. The minimum Gasteiger partial charge on any atom is -0.453 e. The van der Waals surface area contributed by atoms with Gasteiger partial charge in [0, 0.05) is 12.2 Å². The number of methoxy groups -OCH3 is 1. The Bertz CT molecular complexity index is 486. The topological polar surface area (TPSA) is 67.9 Å². The van der Waals surface area contributed by atoms with Crippen LogP contribution in [0.3, 0.4) is 0 Å². The van der Waals surface area contributed by atoms with Crippen molar-refractivity contribution in [3.8, 4) is 0 Å². The number of benzene rings is 1. The van der Waals surface area contributed by atoms with E-state index in [0.29, 0.717) is 13.1 Å². The van der Waals surface area contributed by atoms with E-state index in [-0.39, 0.29) is 18.6 Å². The van der Waals surface area contributed by atoms with Gasteiger partial charge in [-0.05, 0) is 19.1 Å². The number of ether oxygens (including phenoxy) is 2. The maximum Gasteiger partial charge on any atom is 0.406 e. The van der Waals surface area contributed by atoms with Crippen molar-refractivity contribution < 1.29 is 19.1 Å². The number of alkyl carbamates (subject to hydrolysis) is 1. The standard InChI is InChI=1S/C14H18N2O4/c1-10-3-5-11(6-4-10)16-8-12(20-9-13(16)17)7-15-14(18)19-2/h3-6,12H,7-9H2,1-2H3,(H,15,18). The predicted octanol–water partition coefficient (Wildman–Crippen LogP) is 1.08. The quantitative estimate of drug-likeness (QED) is 0.898. The molecule has 1 aromatic carbocycles. The summed E-state index contributed by atoms with van der Waals surface area (Å²) >= 11 is 0. The third kappa shape index (κ3) is 3.48. The van der Waals surface area contributed by atoms with Gasteiger partial charge in [-0.1, -0.05) is 17.7 Å². The van der Waals surface area contributed by atoms with Crippen molar-refractivity contribution in [3.63, 3.8) is 0 Å². The maximum atomic E-state index is 11.9. The highest BCUT2D eigenvalue weighted by Gasteiger charge is 2.27. The van der Waals surface area contributed by atoms with Crippen molar-refractivity contribution in [1.82, 2.24) is 5.32 Å². The number of nitrogens with one attached hydrogen (secondary N) is 1. The Morgan fingerprint density at radius 3 is 2.80 bits per heavy atom. The highest BCUT2D eigenvalue weighted by atomic mass is 16.5. The molecule has 1 atom stereocenters. The second-order valence-electron chi connectivity index (χ2n) is 4.65. The molecule has 1 aromatic rings. The molecule has 1 saturated heterocycles. The molecule has 0 radical (unpaired) electrons. The fourth-order valence-electron chi connectivity index (χ4n) is 1.99. The molecule has 1 N–H and O–H groups in total. The summed E-state index contributed by atoms with van der Waals surface area (Å²) in [5, 5.41) is 2.57. The Kier molecular flexibility index (Phi) is 4.57. The molecule has 0 bridgehead atoms. The van der Waals surface area contributed by atoms with Gasteiger partial charge >= 0.3 is 6.09 Å². The largest absolute Gasteiger partial charge is 0.453 e. The van der Waals surface area contributed by atoms with E-state index < -0.39 is 6.09 Å². The molecule has 108 valence electrons. The SMILES string of the molecule is COC(=O)NCC1CN(c2ccc(C)cc2)C(=O)CO1. The number of anilines is 1. The van der Waals surface area contributed by atoms with Gasteiger partial charge in [-0.2, -0.15) is 0 Å². The average molecular weight is 278 g/mol. The number of morpholine rings is 1. The molecule has 1 fully saturated rings. The summed E-state index contributed by atoms with van der Waals surface area (Å²) in [6.07, 6.45) is -0.750. The fourth-order valence-corrected chi connectivity index (χ4v) is 1.99. The molecule has 1 heterocycles. The van der Waals surface area contributed by atoms with Crippen LogP contribution in [0.25, 0.3) is 0 Å². The number of rotatable bonds is 3. The Morgan fingerprint density at radius 2 is 2.15 bits per heavy atom. The van der Waals surface area contributed by atoms with E-state index in [9.17, 15) is 9.59 Å². The lowest BCUT2D eigenvalue weighted by Gasteiger charge is -2.32. The molecular formula is C14H18N2O4. The van der Waals surface area contributed by atoms with E-state index in [0.717, 1.165) is 11.3 Å². The number of hydrogen-bond acceptors (Lipinski definition) is 4. The maximum absolute atomic E-state index is 11.9. The normalized spacial score (nSPS) is 18.8. The second kappa shape index (κ2) is 6.38. The van der Waals surface area contributed by atoms with Crippen LogP contribution in [0.1, 0.15) is 5.56 Å². The number of aryl methyl sites for hydroxylation is 1. The zero-order chi connectivity index (χ0) is 14.5. The van der Waals surface area contributed by atoms with Crippen molar-refractivity contribution in [2.45, 2.75) is 13.0 Å². The molecule has 0 aromatic heterocycles. The lowest BCUT2D eigenvalue weighted by Crippen LogP contribution is -2.50. The highest BCUT2D eigenvalue weighted by molar-refractivity contribution is 5.95. The first-order valence-electron chi connectivity index (χ1n) is 6.40. The van der Waals surface area contributed by atoms with Crippen molar-refractivity contribution in [2.24, 2.45) is 0 Å². The molecule has 2 amide bonds. The summed E-state index contributed by atoms with van der Waals surface area (Å²) in [6, 6.07) is 7.73. The molecular weight excluding hydrogens is 260 g/mol. The smallest absolute Gasteiger partial charge is 0.406 e. The van der Waals surface area contributed by atoms with Gasteiger partial charge in [0.1, 0.15) is 6.61 Å². The van der Waals surface area contributed by atoms with Crippen LogP contribution in [0.4, 0.5) is 10.5 Å². The van der Waals surface area contributed by atoms with Crippen molar-refractivity contribution in [3.05, 3.63) is 29.8 Å². The first-order valence-corrected chi connectivity index (χ1v) is 6.40. The number of nitrogens with zero attached hydrogens (tertiary/aromatic N) is 1. The van der Waals surface area contributed by atoms with Crippen LogP contribution in [0.5, 0.6) is 0 Å². The Balaban J connectivity index is 1.99. The van der Waals surface area contributed by atoms with Gasteiger partial charge < -0.3 is 19.7 Å². The van der Waals surface area contributed by atoms with Crippen LogP contribution in [-0.4, -0.2) is 44.9 Å². The summed E-state index contributed by atoms with van der Waals surface area (Å²) in [7, 11) is 1.30. The van der Waals surface area contributed by atoms with Crippen molar-refractivity contribution in [1.29, 1.82) is 0 Å². The Labute approximate surface area is 117 Å². The summed E-state index contributed by atoms with van der Waals surface area (Å²) in [5.74, 6) is -0.0804. The van der Waals surface area contributed by atoms with Crippen LogP contribution >= 0.6 is 0 Å². The van der Waals surface area contributed by atoms with Crippen molar-refractivity contribution >= 4 is 17.7 Å². The van der Waals surface area contributed by atoms with Crippen LogP contribution in [0.15, 0.2) is 24.3 Å². The van der Waals surface area contributed by atoms with Gasteiger partial charge in [-0.15, -0.1) is 0 Å². The van der Waals surface area contributed by atoms with Gasteiger partial charge in [-0.25, -0.2) is 4.79 Å². The lowest BCUT2D eigenvalue weighted by molar-refractivity contribution is -0.129. The highest BCUT2D eigenvalue weighted by Crippen LogP contribution is 2.19. The first-order chi connectivity index (χ1) is 9.60. The Morgan fingerprint density at radius 1 is 1.45 bits per heavy atom. The van der Waals surface area contributed by atoms with E-state index in [4.69, 9.17) is 4.74 Å². The molecule has 2 rings (SSSR count). The van der Waals surface area contributed by atoms with E-state index >= 15 is 0 Å². The molecule has 6 heteroatoms. The van der Waals surface area contributed by atoms with Gasteiger partial charge in [0.25, 0.3) is 5.91 Å². The molecule has 20 heavy (non-hydrogen) atoms. The van der Waals surface area contributed by atoms with E-state index in [1.54, 1.807) is 4.90 Å². The number of hydrogen-bond donors (Lipinski definition) is 1. The third-order valence-corrected chi connectivity index (χ3v) is 3.13. The predicted molar refractivity (Wildman–Crippen MR) is 73.7 cm³/mol. The van der Waals surface area contributed by atoms with Gasteiger partial charge in [-0.3, -0.25) is 4.79 Å². The van der Waals surface area contributed by atoms with Crippen LogP contribution in [0.2, 0.25) is 0 Å². The minimum atomic E-state index is -0.507. The first kappa shape index (κ1) is 14.3. The average Bonchev–Trinajstić information content (AvgIpc) is 2.47. The monoisotopic (exact) mass is 278 g/mol. The Hall–Kier alpha value is -2.08. The molecule has 0 aliphatic carbocycles. The molecule has 0 saturated carbocycles. The van der Waals surface area contributed by atoms with Crippen LogP contribution in [0, 0.1) is 6.92 Å². The summed E-state index contributed by atoms with van der Waals surface area (Å²) in [4.78, 5) is 24.6. The minimum absolute atomic E-state index is 0.0153. The van der Waals surface area contributed by atoms with E-state index in [1.807, 2.05) is 31.2 Å². The zero-order valence-corrected chi connectivity index (χ0v) is 11.6. The van der Waals surface area contributed by atoms with E-state index in [1.165, 1.54) is 7.11 Å². The second-order valence-corrected chi connectivity index (χ2v) is 4.65. The van der Waals surface area contributed by atoms with Crippen LogP contribution < -0.4 is 10.2 Å². The van der Waals surface area contributed by atoms with Crippen LogP contribution in [-0.2, 0) is 14.3 Å². The summed E-state index contributed by atoms with van der Waals surface area (Å²) in [6.45, 7) is 2.73. The number of carbonyl (C=O) groups is 2. The molecule has 0 spiro atoms. The summed E-state index contributed by atoms with van der Waals surface area (Å²) in [5.41, 5.74) is 1.98. The fraction of sp³-hybridized carbons (Fsp3) is 0.429. The summed E-state index contributed by atoms with van der Waals surface area (Å²) < 4.78 is 9.90. The van der Waals surface area contributed by atoms with Gasteiger partial charge in [0.15, 0.2) is 0 Å². The molecule has 1 unspecified atom stereocenters. The molecule has 1 aliphatic rings. The zero-order valence-electron chi connectivity index (χ0n) is 11.6. The van der Waals surface area contributed by atoms with Gasteiger partial charge in [0.05, 0.1) is 19.8 Å². The van der Waals surface area contributed by atoms with E-state index in [2.05, 4.69) is 10.1 Å². The number of amides is 2. The number of carbonyl (C=O) groups excluding carboxylic acids is 2. The molecule has 1 aliphatic heterocycles.